The summed E-state index contributed by atoms with van der Waals surface area (Å²) in [6.45, 7) is 6.87. The lowest BCUT2D eigenvalue weighted by Gasteiger charge is -2.45. The van der Waals surface area contributed by atoms with Gasteiger partial charge in [-0.1, -0.05) is 0 Å². The Hall–Kier alpha value is -0.840. The van der Waals surface area contributed by atoms with E-state index in [-0.39, 0.29) is 52.9 Å². The molecule has 6 aliphatic heterocycles. The second-order valence-electron chi connectivity index (χ2n) is 14.3. The molecule has 0 aromatic carbocycles. The molecule has 21 heteroatoms. The van der Waals surface area contributed by atoms with Crippen LogP contribution in [0.5, 0.6) is 0 Å². The fourth-order valence-corrected chi connectivity index (χ4v) is 7.94. The molecule has 21 unspecified atom stereocenters. The first-order valence-electron chi connectivity index (χ1n) is 19.6. The summed E-state index contributed by atoms with van der Waals surface area (Å²) in [5, 5.41) is 75.1. The third-order valence-electron chi connectivity index (χ3n) is 10.6. The molecule has 7 N–H and O–H groups in total. The van der Waals surface area contributed by atoms with E-state index in [0.29, 0.717) is 6.61 Å². The molecular weight excluding hydrogens is 756 g/mol. The fraction of sp³-hybridized carbons (Fsp3) is 1.00. The van der Waals surface area contributed by atoms with Crippen molar-refractivity contribution in [1.29, 1.82) is 0 Å². The van der Waals surface area contributed by atoms with Gasteiger partial charge in [0.1, 0.15) is 104 Å². The summed E-state index contributed by atoms with van der Waals surface area (Å²) in [7, 11) is 0. The molecule has 6 fully saturated rings. The number of rotatable bonds is 20. The smallest absolute Gasteiger partial charge is 0.187 e. The predicted molar refractivity (Wildman–Crippen MR) is 182 cm³/mol. The molecule has 326 valence electrons. The van der Waals surface area contributed by atoms with Gasteiger partial charge in [-0.3, -0.25) is 0 Å². The largest absolute Gasteiger partial charge is 0.394 e. The van der Waals surface area contributed by atoms with E-state index in [9.17, 15) is 35.7 Å². The van der Waals surface area contributed by atoms with E-state index in [1.807, 2.05) is 0 Å². The lowest BCUT2D eigenvalue weighted by atomic mass is 9.98. The SMILES string of the molecule is CCOC1OC2COC(C1O)C2OC1OC(COCC(O)COC2C(OCC)OC3COC2C3OC2OC(CO)C(O)C(OCC)C2O)C(O)C(OCC)C1O. The average molecular weight is 817 g/mol. The van der Waals surface area contributed by atoms with Gasteiger partial charge in [-0.15, -0.1) is 0 Å². The first-order valence-corrected chi connectivity index (χ1v) is 19.6. The van der Waals surface area contributed by atoms with Crippen molar-refractivity contribution in [2.75, 3.05) is 66.1 Å². The van der Waals surface area contributed by atoms with E-state index in [4.69, 9.17) is 66.3 Å². The topological polar surface area (TPSA) is 271 Å². The summed E-state index contributed by atoms with van der Waals surface area (Å²) in [5.41, 5.74) is 0. The summed E-state index contributed by atoms with van der Waals surface area (Å²) in [4.78, 5) is 0. The van der Waals surface area contributed by atoms with E-state index >= 15 is 0 Å². The van der Waals surface area contributed by atoms with E-state index in [2.05, 4.69) is 0 Å². The molecule has 21 atom stereocenters. The minimum Gasteiger partial charge on any atom is -0.394 e. The van der Waals surface area contributed by atoms with E-state index in [1.54, 1.807) is 27.7 Å². The zero-order valence-corrected chi connectivity index (χ0v) is 32.0. The van der Waals surface area contributed by atoms with Gasteiger partial charge in [-0.25, -0.2) is 0 Å². The second kappa shape index (κ2) is 20.6. The van der Waals surface area contributed by atoms with Crippen molar-refractivity contribution in [3.63, 3.8) is 0 Å². The molecule has 0 aromatic rings. The molecule has 0 aliphatic carbocycles. The number of hydrogen-bond acceptors (Lipinski definition) is 21. The van der Waals surface area contributed by atoms with Crippen molar-refractivity contribution in [2.24, 2.45) is 0 Å². The van der Waals surface area contributed by atoms with Gasteiger partial charge in [-0.2, -0.15) is 0 Å². The fourth-order valence-electron chi connectivity index (χ4n) is 7.94. The van der Waals surface area contributed by atoms with Crippen LogP contribution in [0, 0.1) is 0 Å². The van der Waals surface area contributed by atoms with Gasteiger partial charge < -0.3 is 102 Å². The van der Waals surface area contributed by atoms with Crippen LogP contribution < -0.4 is 0 Å². The zero-order chi connectivity index (χ0) is 40.1. The van der Waals surface area contributed by atoms with Crippen LogP contribution in [0.25, 0.3) is 0 Å². The predicted octanol–water partition coefficient (Wildman–Crippen LogP) is -4.10. The molecular formula is C35H60O21. The Morgan fingerprint density at radius 2 is 1.04 bits per heavy atom. The van der Waals surface area contributed by atoms with Crippen molar-refractivity contribution >= 4 is 0 Å². The molecule has 6 aliphatic rings. The molecule has 0 saturated carbocycles. The maximum atomic E-state index is 11.1. The van der Waals surface area contributed by atoms with Crippen molar-refractivity contribution < 1.29 is 102 Å². The highest BCUT2D eigenvalue weighted by molar-refractivity contribution is 5.00. The van der Waals surface area contributed by atoms with E-state index in [0.717, 1.165) is 0 Å². The minimum atomic E-state index is -1.41. The van der Waals surface area contributed by atoms with Gasteiger partial charge in [0, 0.05) is 26.4 Å². The van der Waals surface area contributed by atoms with Gasteiger partial charge >= 0.3 is 0 Å². The highest BCUT2D eigenvalue weighted by atomic mass is 16.8. The lowest BCUT2D eigenvalue weighted by molar-refractivity contribution is -0.346. The number of aliphatic hydroxyl groups excluding tert-OH is 7. The van der Waals surface area contributed by atoms with Gasteiger partial charge in [-0.05, 0) is 27.7 Å². The zero-order valence-electron chi connectivity index (χ0n) is 32.0. The van der Waals surface area contributed by atoms with Crippen LogP contribution in [0.2, 0.25) is 0 Å². The summed E-state index contributed by atoms with van der Waals surface area (Å²) in [6, 6.07) is 0. The van der Waals surface area contributed by atoms with Crippen LogP contribution in [0.3, 0.4) is 0 Å². The second-order valence-corrected chi connectivity index (χ2v) is 14.3. The maximum absolute atomic E-state index is 11.1. The molecule has 6 heterocycles. The Bertz CT molecular complexity index is 1170. The number of fused-ring (bicyclic) bond motifs is 4. The summed E-state index contributed by atoms with van der Waals surface area (Å²) in [6.07, 6.45) is -21.9. The van der Waals surface area contributed by atoms with Crippen LogP contribution in [0.15, 0.2) is 0 Å². The number of hydrogen-bond donors (Lipinski definition) is 7. The third kappa shape index (κ3) is 9.69. The first kappa shape index (κ1) is 44.7. The van der Waals surface area contributed by atoms with Gasteiger partial charge in [0.2, 0.25) is 0 Å². The van der Waals surface area contributed by atoms with Crippen molar-refractivity contribution in [1.82, 2.24) is 0 Å². The van der Waals surface area contributed by atoms with Crippen molar-refractivity contribution in [2.45, 2.75) is 157 Å². The van der Waals surface area contributed by atoms with Crippen LogP contribution in [-0.4, -0.2) is 231 Å². The van der Waals surface area contributed by atoms with E-state index < -0.39 is 136 Å². The minimum absolute atomic E-state index is 0.108. The lowest BCUT2D eigenvalue weighted by Crippen LogP contribution is -2.63. The van der Waals surface area contributed by atoms with E-state index in [1.165, 1.54) is 0 Å². The van der Waals surface area contributed by atoms with Crippen molar-refractivity contribution in [3.8, 4) is 0 Å². The van der Waals surface area contributed by atoms with Crippen LogP contribution in [0.4, 0.5) is 0 Å². The normalized spacial score (nSPS) is 47.0. The van der Waals surface area contributed by atoms with Crippen LogP contribution in [0.1, 0.15) is 27.7 Å². The summed E-state index contributed by atoms with van der Waals surface area (Å²) < 4.78 is 81.9. The monoisotopic (exact) mass is 816 g/mol. The summed E-state index contributed by atoms with van der Waals surface area (Å²) >= 11 is 0. The van der Waals surface area contributed by atoms with Gasteiger partial charge in [0.25, 0.3) is 0 Å². The molecule has 56 heavy (non-hydrogen) atoms. The molecule has 6 rings (SSSR count). The molecule has 0 aromatic heterocycles. The number of aliphatic hydroxyl groups is 7. The quantitative estimate of drug-likeness (QED) is 0.0615. The molecule has 0 amide bonds. The highest BCUT2D eigenvalue weighted by Gasteiger charge is 2.57. The Morgan fingerprint density at radius 1 is 0.518 bits per heavy atom. The average Bonchev–Trinajstić information content (AvgIpc) is 3.65. The Balaban J connectivity index is 1.03. The Labute approximate surface area is 324 Å². The molecule has 21 nitrogen and oxygen atoms in total. The van der Waals surface area contributed by atoms with Gasteiger partial charge in [0.05, 0.1) is 39.6 Å². The van der Waals surface area contributed by atoms with Gasteiger partial charge in [0.15, 0.2) is 25.2 Å². The standard InChI is InChI=1S/C35H60O21/c1-5-44-27-20(38)16(9-36)51-33(22(27)40)56-26-19-14-50-30(26)31(35(54-19)47-8-4)48-11-15(37)10-43-12-17-21(39)28(45-6-2)23(41)34(52-17)55-25-18-13-49-29(25)24(42)32(53-18)46-7-3/h15-42H,5-14H2,1-4H3. The van der Waals surface area contributed by atoms with Crippen molar-refractivity contribution in [3.05, 3.63) is 0 Å². The molecule has 4 bridgehead atoms. The molecule has 0 radical (unpaired) electrons. The Kier molecular flexibility index (Phi) is 16.5. The van der Waals surface area contributed by atoms with Crippen LogP contribution >= 0.6 is 0 Å². The first-order chi connectivity index (χ1) is 27.0. The summed E-state index contributed by atoms with van der Waals surface area (Å²) in [5.74, 6) is 0. The maximum Gasteiger partial charge on any atom is 0.187 e. The molecule has 0 spiro atoms. The van der Waals surface area contributed by atoms with Crippen LogP contribution in [-0.2, 0) is 66.3 Å². The third-order valence-corrected chi connectivity index (χ3v) is 10.6. The molecule has 6 saturated heterocycles. The highest BCUT2D eigenvalue weighted by Crippen LogP contribution is 2.38. The Morgan fingerprint density at radius 3 is 1.62 bits per heavy atom. The number of ether oxygens (including phenoxy) is 14.